The molecule has 18 heavy (non-hydrogen) atoms. The SMILES string of the molecule is COc1cc(NC(=O)[C@H]2C[C@@H](OC)CN2)ccn1. The molecule has 0 spiro atoms. The smallest absolute Gasteiger partial charge is 0.241 e. The number of amides is 1. The minimum atomic E-state index is -0.214. The lowest BCUT2D eigenvalue weighted by Crippen LogP contribution is -2.35. The molecule has 1 aliphatic rings. The molecular weight excluding hydrogens is 234 g/mol. The molecule has 0 bridgehead atoms. The van der Waals surface area contributed by atoms with Crippen molar-refractivity contribution in [1.29, 1.82) is 0 Å². The summed E-state index contributed by atoms with van der Waals surface area (Å²) in [4.78, 5) is 16.0. The molecule has 98 valence electrons. The van der Waals surface area contributed by atoms with Gasteiger partial charge in [-0.3, -0.25) is 4.79 Å². The summed E-state index contributed by atoms with van der Waals surface area (Å²) in [5, 5.41) is 5.95. The Morgan fingerprint density at radius 2 is 2.39 bits per heavy atom. The van der Waals surface area contributed by atoms with Crippen LogP contribution in [0.2, 0.25) is 0 Å². The predicted octanol–water partition coefficient (Wildman–Crippen LogP) is 0.406. The Balaban J connectivity index is 1.94. The second kappa shape index (κ2) is 5.79. The Bertz CT molecular complexity index is 425. The first-order chi connectivity index (χ1) is 8.72. The molecule has 2 N–H and O–H groups in total. The highest BCUT2D eigenvalue weighted by Gasteiger charge is 2.29. The van der Waals surface area contributed by atoms with Crippen molar-refractivity contribution in [3.8, 4) is 5.88 Å². The monoisotopic (exact) mass is 251 g/mol. The standard InChI is InChI=1S/C12H17N3O3/c1-17-9-6-10(14-7-9)12(16)15-8-3-4-13-11(5-8)18-2/h3-5,9-10,14H,6-7H2,1-2H3,(H,13,15,16)/t9-,10-/m1/s1. The Kier molecular flexibility index (Phi) is 4.11. The van der Waals surface area contributed by atoms with E-state index >= 15 is 0 Å². The first kappa shape index (κ1) is 12.8. The van der Waals surface area contributed by atoms with Crippen LogP contribution in [0.5, 0.6) is 5.88 Å². The fourth-order valence-corrected chi connectivity index (χ4v) is 1.91. The van der Waals surface area contributed by atoms with Crippen molar-refractivity contribution in [3.05, 3.63) is 18.3 Å². The molecule has 1 amide bonds. The Morgan fingerprint density at radius 3 is 3.06 bits per heavy atom. The van der Waals surface area contributed by atoms with Gasteiger partial charge in [-0.05, 0) is 12.5 Å². The molecule has 0 radical (unpaired) electrons. The van der Waals surface area contributed by atoms with Gasteiger partial charge in [0.25, 0.3) is 0 Å². The third-order valence-electron chi connectivity index (χ3n) is 2.95. The van der Waals surface area contributed by atoms with Crippen molar-refractivity contribution in [2.45, 2.75) is 18.6 Å². The van der Waals surface area contributed by atoms with Crippen molar-refractivity contribution in [2.75, 3.05) is 26.1 Å². The van der Waals surface area contributed by atoms with Crippen LogP contribution in [0.3, 0.4) is 0 Å². The van der Waals surface area contributed by atoms with Crippen LogP contribution in [0.25, 0.3) is 0 Å². The fourth-order valence-electron chi connectivity index (χ4n) is 1.91. The van der Waals surface area contributed by atoms with E-state index in [1.165, 1.54) is 7.11 Å². The zero-order valence-electron chi connectivity index (χ0n) is 10.5. The first-order valence-corrected chi connectivity index (χ1v) is 5.80. The van der Waals surface area contributed by atoms with E-state index in [1.54, 1.807) is 25.4 Å². The predicted molar refractivity (Wildman–Crippen MR) is 66.6 cm³/mol. The van der Waals surface area contributed by atoms with Gasteiger partial charge in [-0.15, -0.1) is 0 Å². The molecule has 6 heteroatoms. The first-order valence-electron chi connectivity index (χ1n) is 5.80. The lowest BCUT2D eigenvalue weighted by atomic mass is 10.2. The van der Waals surface area contributed by atoms with E-state index < -0.39 is 0 Å². The molecular formula is C12H17N3O3. The fraction of sp³-hybridized carbons (Fsp3) is 0.500. The average molecular weight is 251 g/mol. The normalized spacial score (nSPS) is 22.8. The summed E-state index contributed by atoms with van der Waals surface area (Å²) in [6.45, 7) is 0.703. The Morgan fingerprint density at radius 1 is 1.56 bits per heavy atom. The molecule has 1 aliphatic heterocycles. The van der Waals surface area contributed by atoms with Gasteiger partial charge in [0.05, 0.1) is 19.3 Å². The third-order valence-corrected chi connectivity index (χ3v) is 2.95. The number of methoxy groups -OCH3 is 2. The van der Waals surface area contributed by atoms with Crippen LogP contribution in [-0.2, 0) is 9.53 Å². The lowest BCUT2D eigenvalue weighted by molar-refractivity contribution is -0.118. The summed E-state index contributed by atoms with van der Waals surface area (Å²) in [7, 11) is 3.19. The number of pyridine rings is 1. The van der Waals surface area contributed by atoms with Crippen molar-refractivity contribution in [1.82, 2.24) is 10.3 Å². The highest BCUT2D eigenvalue weighted by atomic mass is 16.5. The summed E-state index contributed by atoms with van der Waals surface area (Å²) >= 11 is 0. The number of carbonyl (C=O) groups excluding carboxylic acids is 1. The van der Waals surface area contributed by atoms with Gasteiger partial charge in [0, 0.05) is 31.6 Å². The van der Waals surface area contributed by atoms with Gasteiger partial charge in [0.2, 0.25) is 11.8 Å². The topological polar surface area (TPSA) is 72.5 Å². The number of hydrogen-bond acceptors (Lipinski definition) is 5. The van der Waals surface area contributed by atoms with Crippen molar-refractivity contribution in [3.63, 3.8) is 0 Å². The molecule has 0 unspecified atom stereocenters. The summed E-state index contributed by atoms with van der Waals surface area (Å²) in [5.41, 5.74) is 0.675. The maximum atomic E-state index is 12.0. The van der Waals surface area contributed by atoms with Crippen molar-refractivity contribution in [2.24, 2.45) is 0 Å². The lowest BCUT2D eigenvalue weighted by Gasteiger charge is -2.11. The van der Waals surface area contributed by atoms with Gasteiger partial charge in [-0.25, -0.2) is 4.98 Å². The zero-order chi connectivity index (χ0) is 13.0. The number of nitrogens with one attached hydrogen (secondary N) is 2. The highest BCUT2D eigenvalue weighted by Crippen LogP contribution is 2.16. The second-order valence-electron chi connectivity index (χ2n) is 4.13. The van der Waals surface area contributed by atoms with Gasteiger partial charge < -0.3 is 20.1 Å². The number of rotatable bonds is 4. The molecule has 2 heterocycles. The maximum Gasteiger partial charge on any atom is 0.241 e. The van der Waals surface area contributed by atoms with Crippen LogP contribution in [0.1, 0.15) is 6.42 Å². The van der Waals surface area contributed by atoms with E-state index in [4.69, 9.17) is 9.47 Å². The molecule has 1 saturated heterocycles. The molecule has 1 aromatic heterocycles. The number of aromatic nitrogens is 1. The van der Waals surface area contributed by atoms with Gasteiger partial charge in [0.1, 0.15) is 0 Å². The van der Waals surface area contributed by atoms with E-state index in [0.29, 0.717) is 24.5 Å². The molecule has 1 aromatic rings. The van der Waals surface area contributed by atoms with Gasteiger partial charge >= 0.3 is 0 Å². The summed E-state index contributed by atoms with van der Waals surface area (Å²) in [6.07, 6.45) is 2.38. The molecule has 0 aliphatic carbocycles. The van der Waals surface area contributed by atoms with Crippen LogP contribution < -0.4 is 15.4 Å². The van der Waals surface area contributed by atoms with Crippen molar-refractivity contribution >= 4 is 11.6 Å². The van der Waals surface area contributed by atoms with Crippen LogP contribution in [0.15, 0.2) is 18.3 Å². The molecule has 2 atom stereocenters. The van der Waals surface area contributed by atoms with Gasteiger partial charge in [-0.2, -0.15) is 0 Å². The van der Waals surface area contributed by atoms with E-state index in [-0.39, 0.29) is 18.1 Å². The average Bonchev–Trinajstić information content (AvgIpc) is 2.88. The summed E-state index contributed by atoms with van der Waals surface area (Å²) in [6, 6.07) is 3.19. The maximum absolute atomic E-state index is 12.0. The zero-order valence-corrected chi connectivity index (χ0v) is 10.5. The largest absolute Gasteiger partial charge is 0.481 e. The molecule has 2 rings (SSSR count). The van der Waals surface area contributed by atoms with Crippen molar-refractivity contribution < 1.29 is 14.3 Å². The summed E-state index contributed by atoms with van der Waals surface area (Å²) in [5.74, 6) is 0.407. The number of ether oxygens (including phenoxy) is 2. The Labute approximate surface area is 106 Å². The Hall–Kier alpha value is -1.66. The molecule has 0 aromatic carbocycles. The minimum Gasteiger partial charge on any atom is -0.481 e. The van der Waals surface area contributed by atoms with E-state index in [0.717, 1.165) is 0 Å². The van der Waals surface area contributed by atoms with Crippen LogP contribution in [-0.4, -0.2) is 43.8 Å². The van der Waals surface area contributed by atoms with E-state index in [2.05, 4.69) is 15.6 Å². The molecule has 1 fully saturated rings. The van der Waals surface area contributed by atoms with Crippen LogP contribution in [0, 0.1) is 0 Å². The quantitative estimate of drug-likeness (QED) is 0.810. The number of carbonyl (C=O) groups is 1. The highest BCUT2D eigenvalue weighted by molar-refractivity contribution is 5.95. The number of hydrogen-bond donors (Lipinski definition) is 2. The van der Waals surface area contributed by atoms with E-state index in [9.17, 15) is 4.79 Å². The minimum absolute atomic E-state index is 0.0668. The number of nitrogens with zero attached hydrogens (tertiary/aromatic N) is 1. The second-order valence-corrected chi connectivity index (χ2v) is 4.13. The number of anilines is 1. The molecule has 0 saturated carbocycles. The van der Waals surface area contributed by atoms with Gasteiger partial charge in [0.15, 0.2) is 0 Å². The van der Waals surface area contributed by atoms with Crippen LogP contribution >= 0.6 is 0 Å². The van der Waals surface area contributed by atoms with Gasteiger partial charge in [-0.1, -0.05) is 0 Å². The van der Waals surface area contributed by atoms with Crippen LogP contribution in [0.4, 0.5) is 5.69 Å². The summed E-state index contributed by atoms with van der Waals surface area (Å²) < 4.78 is 10.2. The molecule has 6 nitrogen and oxygen atoms in total. The third kappa shape index (κ3) is 2.96. The van der Waals surface area contributed by atoms with E-state index in [1.807, 2.05) is 0 Å².